The number of ether oxygens (including phenoxy) is 1. The Labute approximate surface area is 72.3 Å². The van der Waals surface area contributed by atoms with E-state index in [9.17, 15) is 4.79 Å². The number of hydrogen-bond acceptors (Lipinski definition) is 2. The van der Waals surface area contributed by atoms with Crippen LogP contribution in [0.5, 0.6) is 0 Å². The topological polar surface area (TPSA) is 26.3 Å². The fourth-order valence-electron chi connectivity index (χ4n) is 3.43. The quantitative estimate of drug-likeness (QED) is 0.512. The number of rotatable bonds is 0. The summed E-state index contributed by atoms with van der Waals surface area (Å²) < 4.78 is 5.36. The van der Waals surface area contributed by atoms with Gasteiger partial charge in [-0.05, 0) is 37.5 Å². The zero-order valence-electron chi connectivity index (χ0n) is 7.16. The summed E-state index contributed by atoms with van der Waals surface area (Å²) in [6.07, 6.45) is 6.44. The fourth-order valence-corrected chi connectivity index (χ4v) is 3.43. The number of carbonyl (C=O) groups is 1. The van der Waals surface area contributed by atoms with Crippen molar-refractivity contribution in [2.24, 2.45) is 17.8 Å². The molecule has 2 saturated carbocycles. The van der Waals surface area contributed by atoms with E-state index in [0.717, 1.165) is 18.8 Å². The molecule has 2 bridgehead atoms. The molecular formula is C10H14O2. The van der Waals surface area contributed by atoms with E-state index in [1.165, 1.54) is 19.3 Å². The van der Waals surface area contributed by atoms with Gasteiger partial charge in [-0.1, -0.05) is 6.42 Å². The highest BCUT2D eigenvalue weighted by Gasteiger charge is 2.51. The molecule has 2 nitrogen and oxygen atoms in total. The molecular weight excluding hydrogens is 152 g/mol. The third kappa shape index (κ3) is 0.732. The van der Waals surface area contributed by atoms with Gasteiger partial charge in [-0.15, -0.1) is 0 Å². The van der Waals surface area contributed by atoms with Crippen molar-refractivity contribution < 1.29 is 9.53 Å². The molecule has 2 aliphatic heterocycles. The lowest BCUT2D eigenvalue weighted by Gasteiger charge is -2.44. The molecule has 0 aromatic rings. The smallest absolute Gasteiger partial charge is 0.309 e. The Morgan fingerprint density at radius 3 is 2.75 bits per heavy atom. The standard InChI is InChI=1S/C10H14O2/c11-10-8-4-5-9(12-10)7-3-1-2-6(7)8/h6-9H,1-5H2. The number of fused-ring (bicyclic) bond motifs is 2. The Bertz CT molecular complexity index is 224. The van der Waals surface area contributed by atoms with Crippen LogP contribution in [0.15, 0.2) is 0 Å². The van der Waals surface area contributed by atoms with Crippen LogP contribution in [-0.4, -0.2) is 12.1 Å². The maximum absolute atomic E-state index is 11.4. The second-order valence-corrected chi connectivity index (χ2v) is 4.42. The van der Waals surface area contributed by atoms with Crippen LogP contribution < -0.4 is 0 Å². The normalized spacial score (nSPS) is 50.5. The molecule has 4 atom stereocenters. The van der Waals surface area contributed by atoms with Gasteiger partial charge in [0.1, 0.15) is 6.10 Å². The average Bonchev–Trinajstić information content (AvgIpc) is 2.53. The SMILES string of the molecule is O=C1OC2CCC1C1CCCC21. The summed E-state index contributed by atoms with van der Waals surface area (Å²) in [6.45, 7) is 0. The molecule has 2 heterocycles. The number of hydrogen-bond donors (Lipinski definition) is 0. The molecule has 2 heteroatoms. The van der Waals surface area contributed by atoms with Crippen LogP contribution in [0.25, 0.3) is 0 Å². The first-order valence-electron chi connectivity index (χ1n) is 5.07. The fraction of sp³-hybridized carbons (Fsp3) is 0.900. The lowest BCUT2D eigenvalue weighted by molar-refractivity contribution is -0.182. The van der Waals surface area contributed by atoms with E-state index >= 15 is 0 Å². The summed E-state index contributed by atoms with van der Waals surface area (Å²) in [7, 11) is 0. The molecule has 0 N–H and O–H groups in total. The summed E-state index contributed by atoms with van der Waals surface area (Å²) in [5.74, 6) is 1.82. The van der Waals surface area contributed by atoms with Crippen molar-refractivity contribution in [3.8, 4) is 0 Å². The Morgan fingerprint density at radius 1 is 1.08 bits per heavy atom. The molecule has 66 valence electrons. The molecule has 4 aliphatic rings. The minimum atomic E-state index is 0.106. The van der Waals surface area contributed by atoms with Crippen LogP contribution >= 0.6 is 0 Å². The predicted octanol–water partition coefficient (Wildman–Crippen LogP) is 1.74. The van der Waals surface area contributed by atoms with Crippen LogP contribution in [-0.2, 0) is 9.53 Å². The zero-order valence-corrected chi connectivity index (χ0v) is 7.16. The second-order valence-electron chi connectivity index (χ2n) is 4.42. The van der Waals surface area contributed by atoms with Crippen molar-refractivity contribution in [2.75, 3.05) is 0 Å². The highest BCUT2D eigenvalue weighted by molar-refractivity contribution is 5.74. The van der Waals surface area contributed by atoms with Gasteiger partial charge in [-0.3, -0.25) is 4.79 Å². The average molecular weight is 166 g/mol. The summed E-state index contributed by atoms with van der Waals surface area (Å²) in [4.78, 5) is 11.4. The van der Waals surface area contributed by atoms with Crippen LogP contribution in [0, 0.1) is 17.8 Å². The van der Waals surface area contributed by atoms with Gasteiger partial charge in [0.15, 0.2) is 0 Å². The van der Waals surface area contributed by atoms with Gasteiger partial charge < -0.3 is 4.74 Å². The Morgan fingerprint density at radius 2 is 1.92 bits per heavy atom. The third-order valence-electron chi connectivity index (χ3n) is 3.95. The molecule has 12 heavy (non-hydrogen) atoms. The largest absolute Gasteiger partial charge is 0.462 e. The van der Waals surface area contributed by atoms with Crippen molar-refractivity contribution in [3.63, 3.8) is 0 Å². The van der Waals surface area contributed by atoms with Crippen LogP contribution in [0.3, 0.4) is 0 Å². The molecule has 4 unspecified atom stereocenters. The molecule has 0 aromatic carbocycles. The molecule has 0 spiro atoms. The second kappa shape index (κ2) is 2.24. The molecule has 0 aromatic heterocycles. The van der Waals surface area contributed by atoms with E-state index in [-0.39, 0.29) is 11.9 Å². The number of carbonyl (C=O) groups excluding carboxylic acids is 1. The molecule has 0 radical (unpaired) electrons. The molecule has 4 fully saturated rings. The van der Waals surface area contributed by atoms with Crippen LogP contribution in [0.1, 0.15) is 32.1 Å². The Hall–Kier alpha value is -0.530. The predicted molar refractivity (Wildman–Crippen MR) is 43.4 cm³/mol. The number of esters is 1. The molecule has 2 aliphatic carbocycles. The van der Waals surface area contributed by atoms with Crippen molar-refractivity contribution in [1.29, 1.82) is 0 Å². The third-order valence-corrected chi connectivity index (χ3v) is 3.95. The highest BCUT2D eigenvalue weighted by atomic mass is 16.5. The van der Waals surface area contributed by atoms with E-state index in [2.05, 4.69) is 0 Å². The van der Waals surface area contributed by atoms with E-state index < -0.39 is 0 Å². The van der Waals surface area contributed by atoms with Crippen LogP contribution in [0.2, 0.25) is 0 Å². The minimum absolute atomic E-state index is 0.106. The summed E-state index contributed by atoms with van der Waals surface area (Å²) in [5.41, 5.74) is 0. The summed E-state index contributed by atoms with van der Waals surface area (Å²) in [6, 6.07) is 0. The van der Waals surface area contributed by atoms with Crippen LogP contribution in [0.4, 0.5) is 0 Å². The van der Waals surface area contributed by atoms with Gasteiger partial charge in [0.2, 0.25) is 0 Å². The van der Waals surface area contributed by atoms with Gasteiger partial charge >= 0.3 is 5.97 Å². The summed E-state index contributed by atoms with van der Waals surface area (Å²) >= 11 is 0. The lowest BCUT2D eigenvalue weighted by Crippen LogP contribution is -2.48. The monoisotopic (exact) mass is 166 g/mol. The first kappa shape index (κ1) is 6.93. The molecule has 4 rings (SSSR count). The van der Waals surface area contributed by atoms with Gasteiger partial charge in [0, 0.05) is 0 Å². The zero-order chi connectivity index (χ0) is 8.13. The van der Waals surface area contributed by atoms with E-state index in [0.29, 0.717) is 12.0 Å². The van der Waals surface area contributed by atoms with Crippen molar-refractivity contribution in [1.82, 2.24) is 0 Å². The first-order valence-corrected chi connectivity index (χ1v) is 5.07. The highest BCUT2D eigenvalue weighted by Crippen LogP contribution is 2.50. The molecule has 0 amide bonds. The maximum atomic E-state index is 11.4. The van der Waals surface area contributed by atoms with Gasteiger partial charge in [-0.25, -0.2) is 0 Å². The van der Waals surface area contributed by atoms with Gasteiger partial charge in [0.25, 0.3) is 0 Å². The van der Waals surface area contributed by atoms with E-state index in [1.807, 2.05) is 0 Å². The Kier molecular flexibility index (Phi) is 1.29. The van der Waals surface area contributed by atoms with Crippen molar-refractivity contribution in [2.45, 2.75) is 38.2 Å². The van der Waals surface area contributed by atoms with Gasteiger partial charge in [0.05, 0.1) is 5.92 Å². The van der Waals surface area contributed by atoms with E-state index in [1.54, 1.807) is 0 Å². The summed E-state index contributed by atoms with van der Waals surface area (Å²) in [5, 5.41) is 0. The maximum Gasteiger partial charge on any atom is 0.309 e. The Balaban J connectivity index is 1.94. The van der Waals surface area contributed by atoms with Crippen molar-refractivity contribution >= 4 is 5.97 Å². The first-order chi connectivity index (χ1) is 5.86. The lowest BCUT2D eigenvalue weighted by atomic mass is 9.70. The van der Waals surface area contributed by atoms with Gasteiger partial charge in [-0.2, -0.15) is 0 Å². The van der Waals surface area contributed by atoms with Crippen molar-refractivity contribution in [3.05, 3.63) is 0 Å². The molecule has 2 saturated heterocycles. The minimum Gasteiger partial charge on any atom is -0.462 e. The van der Waals surface area contributed by atoms with E-state index in [4.69, 9.17) is 4.74 Å².